The van der Waals surface area contributed by atoms with Crippen LogP contribution < -0.4 is 15.1 Å². The SMILES string of the molecule is C[C@H]1Cc2ccccc2N1C(=O)N[C@H]1CC(=O)N(c2ccc(Cl)cc2)C1. The van der Waals surface area contributed by atoms with E-state index >= 15 is 0 Å². The fourth-order valence-corrected chi connectivity index (χ4v) is 3.92. The number of hydrogen-bond donors (Lipinski definition) is 1. The number of nitrogens with one attached hydrogen (secondary N) is 1. The van der Waals surface area contributed by atoms with Gasteiger partial charge in [-0.05, 0) is 49.2 Å². The van der Waals surface area contributed by atoms with E-state index in [9.17, 15) is 9.59 Å². The average molecular weight is 370 g/mol. The Hall–Kier alpha value is -2.53. The Morgan fingerprint density at radius 3 is 2.62 bits per heavy atom. The molecular formula is C20H20ClN3O2. The maximum Gasteiger partial charge on any atom is 0.322 e. The van der Waals surface area contributed by atoms with Gasteiger partial charge in [-0.2, -0.15) is 0 Å². The van der Waals surface area contributed by atoms with Gasteiger partial charge >= 0.3 is 6.03 Å². The van der Waals surface area contributed by atoms with E-state index in [1.165, 1.54) is 5.56 Å². The predicted molar refractivity (Wildman–Crippen MR) is 103 cm³/mol. The molecule has 2 aromatic carbocycles. The summed E-state index contributed by atoms with van der Waals surface area (Å²) in [5, 5.41) is 3.66. The number of urea groups is 1. The van der Waals surface area contributed by atoms with Gasteiger partial charge in [-0.3, -0.25) is 9.69 Å². The van der Waals surface area contributed by atoms with Crippen molar-refractivity contribution in [3.63, 3.8) is 0 Å². The van der Waals surface area contributed by atoms with Crippen molar-refractivity contribution >= 4 is 34.9 Å². The minimum absolute atomic E-state index is 0.00694. The van der Waals surface area contributed by atoms with E-state index in [2.05, 4.69) is 11.4 Å². The van der Waals surface area contributed by atoms with E-state index in [4.69, 9.17) is 11.6 Å². The molecule has 4 rings (SSSR count). The normalized spacial score (nSPS) is 21.8. The van der Waals surface area contributed by atoms with Gasteiger partial charge in [0.25, 0.3) is 0 Å². The lowest BCUT2D eigenvalue weighted by atomic mass is 10.1. The molecule has 0 bridgehead atoms. The first-order valence-electron chi connectivity index (χ1n) is 8.76. The predicted octanol–water partition coefficient (Wildman–Crippen LogP) is 3.61. The Balaban J connectivity index is 1.46. The second-order valence-electron chi connectivity index (χ2n) is 6.88. The van der Waals surface area contributed by atoms with E-state index in [0.717, 1.165) is 17.8 Å². The maximum absolute atomic E-state index is 12.8. The van der Waals surface area contributed by atoms with Gasteiger partial charge in [-0.25, -0.2) is 4.79 Å². The summed E-state index contributed by atoms with van der Waals surface area (Å²) in [6.45, 7) is 2.51. The molecule has 0 spiro atoms. The molecule has 0 aromatic heterocycles. The van der Waals surface area contributed by atoms with Crippen molar-refractivity contribution in [2.45, 2.75) is 31.8 Å². The lowest BCUT2D eigenvalue weighted by Gasteiger charge is -2.25. The van der Waals surface area contributed by atoms with Crippen molar-refractivity contribution < 1.29 is 9.59 Å². The Kier molecular flexibility index (Phi) is 4.32. The number of benzene rings is 2. The number of hydrogen-bond acceptors (Lipinski definition) is 2. The number of halogens is 1. The van der Waals surface area contributed by atoms with Crippen LogP contribution in [0.1, 0.15) is 18.9 Å². The van der Waals surface area contributed by atoms with E-state index < -0.39 is 0 Å². The molecule has 1 N–H and O–H groups in total. The third kappa shape index (κ3) is 3.03. The molecule has 5 nitrogen and oxygen atoms in total. The van der Waals surface area contributed by atoms with Crippen LogP contribution in [0.3, 0.4) is 0 Å². The van der Waals surface area contributed by atoms with Gasteiger partial charge in [0.2, 0.25) is 5.91 Å². The minimum Gasteiger partial charge on any atom is -0.333 e. The van der Waals surface area contributed by atoms with E-state index in [-0.39, 0.29) is 24.0 Å². The molecule has 2 aliphatic heterocycles. The van der Waals surface area contributed by atoms with Gasteiger partial charge < -0.3 is 10.2 Å². The van der Waals surface area contributed by atoms with E-state index in [1.807, 2.05) is 37.3 Å². The fourth-order valence-electron chi connectivity index (χ4n) is 3.79. The molecule has 0 aliphatic carbocycles. The monoisotopic (exact) mass is 369 g/mol. The van der Waals surface area contributed by atoms with Crippen molar-refractivity contribution in [3.05, 3.63) is 59.1 Å². The van der Waals surface area contributed by atoms with Crippen LogP contribution in [0.4, 0.5) is 16.2 Å². The number of carbonyl (C=O) groups excluding carboxylic acids is 2. The number of rotatable bonds is 2. The largest absolute Gasteiger partial charge is 0.333 e. The van der Waals surface area contributed by atoms with Gasteiger partial charge in [0.05, 0.1) is 6.04 Å². The first-order valence-corrected chi connectivity index (χ1v) is 9.14. The van der Waals surface area contributed by atoms with Crippen LogP contribution in [0.25, 0.3) is 0 Å². The van der Waals surface area contributed by atoms with Crippen LogP contribution in [0.5, 0.6) is 0 Å². The van der Waals surface area contributed by atoms with Gasteiger partial charge in [0, 0.05) is 35.4 Å². The first-order chi connectivity index (χ1) is 12.5. The number of nitrogens with zero attached hydrogens (tertiary/aromatic N) is 2. The summed E-state index contributed by atoms with van der Waals surface area (Å²) in [5.41, 5.74) is 2.94. The molecule has 3 amide bonds. The highest BCUT2D eigenvalue weighted by molar-refractivity contribution is 6.30. The van der Waals surface area contributed by atoms with Crippen molar-refractivity contribution in [2.75, 3.05) is 16.3 Å². The number of amides is 3. The van der Waals surface area contributed by atoms with Crippen molar-refractivity contribution in [3.8, 4) is 0 Å². The summed E-state index contributed by atoms with van der Waals surface area (Å²) in [4.78, 5) is 28.7. The smallest absolute Gasteiger partial charge is 0.322 e. The van der Waals surface area contributed by atoms with Gasteiger partial charge in [0.15, 0.2) is 0 Å². The van der Waals surface area contributed by atoms with Crippen molar-refractivity contribution in [1.82, 2.24) is 5.32 Å². The molecule has 2 heterocycles. The summed E-state index contributed by atoms with van der Waals surface area (Å²) in [6.07, 6.45) is 1.16. The van der Waals surface area contributed by atoms with Crippen LogP contribution in [-0.2, 0) is 11.2 Å². The Labute approximate surface area is 157 Å². The molecule has 26 heavy (non-hydrogen) atoms. The van der Waals surface area contributed by atoms with Gasteiger partial charge in [0.1, 0.15) is 0 Å². The molecule has 2 aliphatic rings. The highest BCUT2D eigenvalue weighted by Crippen LogP contribution is 2.32. The number of para-hydroxylation sites is 1. The van der Waals surface area contributed by atoms with Crippen LogP contribution in [0, 0.1) is 0 Å². The molecule has 134 valence electrons. The standard InChI is InChI=1S/C20H20ClN3O2/c1-13-10-14-4-2-3-5-18(14)24(13)20(26)22-16-11-19(25)23(12-16)17-8-6-15(21)7-9-17/h2-9,13,16H,10-12H2,1H3,(H,22,26)/t13-,16-/m0/s1. The average Bonchev–Trinajstić information content (AvgIpc) is 3.14. The van der Waals surface area contributed by atoms with E-state index in [0.29, 0.717) is 18.0 Å². The van der Waals surface area contributed by atoms with Crippen LogP contribution in [-0.4, -0.2) is 30.6 Å². The Morgan fingerprint density at radius 1 is 1.12 bits per heavy atom. The van der Waals surface area contributed by atoms with E-state index in [1.54, 1.807) is 21.9 Å². The Morgan fingerprint density at radius 2 is 1.85 bits per heavy atom. The van der Waals surface area contributed by atoms with Gasteiger partial charge in [-0.1, -0.05) is 29.8 Å². The Bertz CT molecular complexity index is 852. The summed E-state index contributed by atoms with van der Waals surface area (Å²) in [6, 6.07) is 14.9. The third-order valence-electron chi connectivity index (χ3n) is 5.02. The maximum atomic E-state index is 12.8. The molecule has 2 atom stereocenters. The van der Waals surface area contributed by atoms with Crippen LogP contribution >= 0.6 is 11.6 Å². The molecule has 0 radical (unpaired) electrons. The third-order valence-corrected chi connectivity index (χ3v) is 5.27. The summed E-state index contributed by atoms with van der Waals surface area (Å²) >= 11 is 5.91. The van der Waals surface area contributed by atoms with Crippen molar-refractivity contribution in [1.29, 1.82) is 0 Å². The zero-order chi connectivity index (χ0) is 18.3. The molecule has 6 heteroatoms. The minimum atomic E-state index is -0.203. The zero-order valence-corrected chi connectivity index (χ0v) is 15.2. The molecular weight excluding hydrogens is 350 g/mol. The molecule has 0 saturated carbocycles. The second-order valence-corrected chi connectivity index (χ2v) is 7.32. The summed E-state index contributed by atoms with van der Waals surface area (Å²) < 4.78 is 0. The zero-order valence-electron chi connectivity index (χ0n) is 14.5. The lowest BCUT2D eigenvalue weighted by Crippen LogP contribution is -2.48. The van der Waals surface area contributed by atoms with Gasteiger partial charge in [-0.15, -0.1) is 0 Å². The second kappa shape index (κ2) is 6.65. The number of anilines is 2. The first kappa shape index (κ1) is 16.9. The molecule has 2 aromatic rings. The highest BCUT2D eigenvalue weighted by atomic mass is 35.5. The lowest BCUT2D eigenvalue weighted by molar-refractivity contribution is -0.117. The van der Waals surface area contributed by atoms with Crippen molar-refractivity contribution in [2.24, 2.45) is 0 Å². The van der Waals surface area contributed by atoms with Crippen LogP contribution in [0.2, 0.25) is 5.02 Å². The number of carbonyl (C=O) groups is 2. The quantitative estimate of drug-likeness (QED) is 0.879. The summed E-state index contributed by atoms with van der Waals surface area (Å²) in [5.74, 6) is 0.00694. The topological polar surface area (TPSA) is 52.7 Å². The number of fused-ring (bicyclic) bond motifs is 1. The fraction of sp³-hybridized carbons (Fsp3) is 0.300. The molecule has 0 unspecified atom stereocenters. The van der Waals surface area contributed by atoms with Crippen LogP contribution in [0.15, 0.2) is 48.5 Å². The highest BCUT2D eigenvalue weighted by Gasteiger charge is 2.35. The molecule has 1 saturated heterocycles. The summed E-state index contributed by atoms with van der Waals surface area (Å²) in [7, 11) is 0. The molecule has 1 fully saturated rings.